The minimum Gasteiger partial charge on any atom is -0.457 e. The highest BCUT2D eigenvalue weighted by atomic mass is 16.5. The van der Waals surface area contributed by atoms with Crippen LogP contribution in [0.1, 0.15) is 22.3 Å². The first kappa shape index (κ1) is 29.0. The van der Waals surface area contributed by atoms with E-state index in [0.29, 0.717) is 0 Å². The third kappa shape index (κ3) is 4.61. The van der Waals surface area contributed by atoms with E-state index in [9.17, 15) is 0 Å². The number of benzene rings is 5. The van der Waals surface area contributed by atoms with Crippen molar-refractivity contribution >= 4 is 43.6 Å². The highest BCUT2D eigenvalue weighted by molar-refractivity contribution is 6.14. The van der Waals surface area contributed by atoms with Crippen LogP contribution in [-0.4, -0.2) is 19.1 Å². The normalized spacial score (nSPS) is 11.7. The summed E-state index contributed by atoms with van der Waals surface area (Å²) in [6.45, 7) is 8.87. The van der Waals surface area contributed by atoms with Crippen LogP contribution in [0.25, 0.3) is 66.4 Å². The number of pyridine rings is 2. The van der Waals surface area contributed by atoms with Crippen LogP contribution in [-0.2, 0) is 0 Å². The zero-order valence-corrected chi connectivity index (χ0v) is 27.9. The van der Waals surface area contributed by atoms with Gasteiger partial charge in [0.15, 0.2) is 0 Å². The van der Waals surface area contributed by atoms with Crippen LogP contribution in [0.4, 0.5) is 0 Å². The van der Waals surface area contributed by atoms with E-state index in [1.165, 1.54) is 49.4 Å². The van der Waals surface area contributed by atoms with E-state index in [1.54, 1.807) is 0 Å². The van der Waals surface area contributed by atoms with Gasteiger partial charge in [-0.3, -0.25) is 9.55 Å². The summed E-state index contributed by atoms with van der Waals surface area (Å²) >= 11 is 0. The molecule has 0 atom stereocenters. The van der Waals surface area contributed by atoms with Gasteiger partial charge in [0.05, 0.1) is 33.4 Å². The summed E-state index contributed by atoms with van der Waals surface area (Å²) in [6.07, 6.45) is 3.74. The fraction of sp³-hybridized carbons (Fsp3) is 0.0909. The van der Waals surface area contributed by atoms with Crippen molar-refractivity contribution in [1.82, 2.24) is 19.1 Å². The first-order valence-electron chi connectivity index (χ1n) is 16.7. The van der Waals surface area contributed by atoms with Gasteiger partial charge in [0.2, 0.25) is 0 Å². The molecule has 49 heavy (non-hydrogen) atoms. The van der Waals surface area contributed by atoms with Crippen LogP contribution in [0.5, 0.6) is 11.5 Å². The van der Waals surface area contributed by atoms with E-state index in [-0.39, 0.29) is 0 Å². The van der Waals surface area contributed by atoms with Crippen molar-refractivity contribution < 1.29 is 4.74 Å². The third-order valence-corrected chi connectivity index (χ3v) is 9.77. The molecule has 0 fully saturated rings. The summed E-state index contributed by atoms with van der Waals surface area (Å²) in [5, 5.41) is 4.95. The standard InChI is InChI=1S/C44H34N4O/c1-27-15-17-29(3)43-41(27)42-28(2)16-18-30(4)44(42)47(43)32-21-23-46-40(25-32)48-38-14-6-5-12-35(38)36-20-19-34(26-39(36)48)49-33-11-9-10-31(24-33)37-13-7-8-22-45-37/h5-26H,1-4H3. The highest BCUT2D eigenvalue weighted by Crippen LogP contribution is 2.40. The number of nitrogens with zero attached hydrogens (tertiary/aromatic N) is 4. The number of para-hydroxylation sites is 1. The minimum atomic E-state index is 0.755. The molecular formula is C44H34N4O. The molecule has 9 aromatic rings. The third-order valence-electron chi connectivity index (χ3n) is 9.77. The van der Waals surface area contributed by atoms with E-state index >= 15 is 0 Å². The van der Waals surface area contributed by atoms with E-state index < -0.39 is 0 Å². The Bertz CT molecular complexity index is 2670. The Morgan fingerprint density at radius 2 is 1.18 bits per heavy atom. The Morgan fingerprint density at radius 3 is 1.94 bits per heavy atom. The van der Waals surface area contributed by atoms with Gasteiger partial charge in [-0.1, -0.05) is 60.7 Å². The van der Waals surface area contributed by atoms with Crippen LogP contribution in [0, 0.1) is 27.7 Å². The maximum Gasteiger partial charge on any atom is 0.139 e. The maximum atomic E-state index is 6.50. The molecule has 0 saturated carbocycles. The van der Waals surface area contributed by atoms with Crippen LogP contribution in [0.15, 0.2) is 134 Å². The lowest BCUT2D eigenvalue weighted by atomic mass is 10.0. The summed E-state index contributed by atoms with van der Waals surface area (Å²) in [5.41, 5.74) is 12.7. The lowest BCUT2D eigenvalue weighted by Gasteiger charge is -2.14. The summed E-state index contributed by atoms with van der Waals surface area (Å²) in [4.78, 5) is 9.51. The lowest BCUT2D eigenvalue weighted by molar-refractivity contribution is 0.483. The quantitative estimate of drug-likeness (QED) is 0.189. The molecule has 4 heterocycles. The van der Waals surface area contributed by atoms with E-state index in [4.69, 9.17) is 9.72 Å². The van der Waals surface area contributed by atoms with Gasteiger partial charge in [-0.25, -0.2) is 4.98 Å². The smallest absolute Gasteiger partial charge is 0.139 e. The van der Waals surface area contributed by atoms with E-state index in [2.05, 4.69) is 121 Å². The van der Waals surface area contributed by atoms with Gasteiger partial charge >= 0.3 is 0 Å². The molecule has 5 aromatic carbocycles. The predicted octanol–water partition coefficient (Wildman–Crippen LogP) is 11.4. The summed E-state index contributed by atoms with van der Waals surface area (Å²) in [7, 11) is 0. The average molecular weight is 635 g/mol. The number of aromatic nitrogens is 4. The number of rotatable bonds is 5. The van der Waals surface area contributed by atoms with Crippen LogP contribution < -0.4 is 4.74 Å². The summed E-state index contributed by atoms with van der Waals surface area (Å²) in [5.74, 6) is 2.36. The predicted molar refractivity (Wildman–Crippen MR) is 202 cm³/mol. The molecule has 0 radical (unpaired) electrons. The number of hydrogen-bond donors (Lipinski definition) is 0. The van der Waals surface area contributed by atoms with Gasteiger partial charge in [0.1, 0.15) is 17.3 Å². The zero-order valence-electron chi connectivity index (χ0n) is 27.9. The number of ether oxygens (including phenoxy) is 1. The van der Waals surface area contributed by atoms with Gasteiger partial charge in [-0.15, -0.1) is 0 Å². The van der Waals surface area contributed by atoms with Gasteiger partial charge in [-0.2, -0.15) is 0 Å². The van der Waals surface area contributed by atoms with Crippen molar-refractivity contribution in [3.8, 4) is 34.3 Å². The van der Waals surface area contributed by atoms with Gasteiger partial charge < -0.3 is 9.30 Å². The average Bonchev–Trinajstić information content (AvgIpc) is 3.68. The molecule has 4 aromatic heterocycles. The fourth-order valence-electron chi connectivity index (χ4n) is 7.49. The molecular weight excluding hydrogens is 601 g/mol. The molecule has 0 spiro atoms. The lowest BCUT2D eigenvalue weighted by Crippen LogP contribution is -2.02. The summed E-state index contributed by atoms with van der Waals surface area (Å²) < 4.78 is 11.2. The highest BCUT2D eigenvalue weighted by Gasteiger charge is 2.20. The summed E-state index contributed by atoms with van der Waals surface area (Å²) in [6, 6.07) is 42.2. The number of aryl methyl sites for hydroxylation is 4. The number of fused-ring (bicyclic) bond motifs is 6. The van der Waals surface area contributed by atoms with Gasteiger partial charge in [0.25, 0.3) is 0 Å². The Hall–Kier alpha value is -6.20. The van der Waals surface area contributed by atoms with Gasteiger partial charge in [-0.05, 0) is 98.5 Å². The van der Waals surface area contributed by atoms with Gasteiger partial charge in [0, 0.05) is 51.6 Å². The Labute approximate surface area is 284 Å². The van der Waals surface area contributed by atoms with Crippen molar-refractivity contribution in [3.63, 3.8) is 0 Å². The Kier molecular flexibility index (Phi) is 6.63. The SMILES string of the molecule is Cc1ccc(C)c2c1c1c(C)ccc(C)c1n2-c1ccnc(-n2c3ccccc3c3ccc(Oc4cccc(-c5ccccn5)c4)cc32)c1. The number of hydrogen-bond acceptors (Lipinski definition) is 3. The van der Waals surface area contributed by atoms with Crippen molar-refractivity contribution in [2.75, 3.05) is 0 Å². The Morgan fingerprint density at radius 1 is 0.490 bits per heavy atom. The largest absolute Gasteiger partial charge is 0.457 e. The molecule has 0 aliphatic carbocycles. The molecule has 0 N–H and O–H groups in total. The topological polar surface area (TPSA) is 44.9 Å². The second-order valence-electron chi connectivity index (χ2n) is 12.9. The monoisotopic (exact) mass is 634 g/mol. The fourth-order valence-corrected chi connectivity index (χ4v) is 7.49. The molecule has 0 unspecified atom stereocenters. The molecule has 0 aliphatic heterocycles. The molecule has 0 amide bonds. The molecule has 0 aliphatic rings. The first-order chi connectivity index (χ1) is 24.0. The van der Waals surface area contributed by atoms with Crippen molar-refractivity contribution in [2.24, 2.45) is 0 Å². The second kappa shape index (κ2) is 11.2. The van der Waals surface area contributed by atoms with Crippen molar-refractivity contribution in [3.05, 3.63) is 156 Å². The van der Waals surface area contributed by atoms with Crippen LogP contribution in [0.3, 0.4) is 0 Å². The molecule has 5 heteroatoms. The van der Waals surface area contributed by atoms with Crippen LogP contribution in [0.2, 0.25) is 0 Å². The van der Waals surface area contributed by atoms with E-state index in [1.807, 2.05) is 54.9 Å². The van der Waals surface area contributed by atoms with Crippen molar-refractivity contribution in [2.45, 2.75) is 27.7 Å². The Balaban J connectivity index is 1.23. The first-order valence-corrected chi connectivity index (χ1v) is 16.7. The zero-order chi connectivity index (χ0) is 33.2. The molecule has 9 rings (SSSR count). The molecule has 0 saturated heterocycles. The van der Waals surface area contributed by atoms with Crippen molar-refractivity contribution in [1.29, 1.82) is 0 Å². The molecule has 5 nitrogen and oxygen atoms in total. The maximum absolute atomic E-state index is 6.50. The van der Waals surface area contributed by atoms with E-state index in [0.717, 1.165) is 50.7 Å². The minimum absolute atomic E-state index is 0.755. The molecule has 236 valence electrons. The molecule has 0 bridgehead atoms. The second-order valence-corrected chi connectivity index (χ2v) is 12.9. The van der Waals surface area contributed by atoms with Crippen LogP contribution >= 0.6 is 0 Å².